The van der Waals surface area contributed by atoms with Crippen LogP contribution in [-0.2, 0) is 16.6 Å². The predicted molar refractivity (Wildman–Crippen MR) is 94.4 cm³/mol. The lowest BCUT2D eigenvalue weighted by atomic mass is 10.0. The molecule has 0 aromatic heterocycles. The molecule has 130 valence electrons. The molecule has 1 aromatic carbocycles. The summed E-state index contributed by atoms with van der Waals surface area (Å²) in [4.78, 5) is 4.33. The molecule has 0 spiro atoms. The monoisotopic (exact) mass is 340 g/mol. The average molecular weight is 340 g/mol. The molecule has 5 N–H and O–H groups in total. The van der Waals surface area contributed by atoms with Crippen LogP contribution in [0.25, 0.3) is 0 Å². The first-order chi connectivity index (χ1) is 10.7. The van der Waals surface area contributed by atoms with Crippen LogP contribution in [0.15, 0.2) is 34.2 Å². The number of guanidine groups is 1. The highest BCUT2D eigenvalue weighted by molar-refractivity contribution is 7.89. The smallest absolute Gasteiger partial charge is 0.238 e. The second-order valence-electron chi connectivity index (χ2n) is 6.26. The van der Waals surface area contributed by atoms with Crippen LogP contribution in [0.1, 0.15) is 45.6 Å². The second-order valence-corrected chi connectivity index (χ2v) is 7.83. The summed E-state index contributed by atoms with van der Waals surface area (Å²) < 4.78 is 22.6. The SMILES string of the molecule is CC(C)CCCC(C)NC(N)=NCc1cccc(S(N)(=O)=O)c1. The zero-order valence-corrected chi connectivity index (χ0v) is 14.9. The van der Waals surface area contributed by atoms with Gasteiger partial charge in [-0.2, -0.15) is 0 Å². The van der Waals surface area contributed by atoms with Gasteiger partial charge in [-0.3, -0.25) is 0 Å². The lowest BCUT2D eigenvalue weighted by Gasteiger charge is -2.15. The molecule has 6 nitrogen and oxygen atoms in total. The molecule has 0 amide bonds. The summed E-state index contributed by atoms with van der Waals surface area (Å²) in [6.07, 6.45) is 3.38. The van der Waals surface area contributed by atoms with E-state index in [0.717, 1.165) is 18.4 Å². The van der Waals surface area contributed by atoms with Gasteiger partial charge in [-0.25, -0.2) is 18.5 Å². The Labute approximate surface area is 139 Å². The van der Waals surface area contributed by atoms with E-state index in [0.29, 0.717) is 18.4 Å². The molecule has 0 radical (unpaired) electrons. The molecule has 0 aliphatic rings. The summed E-state index contributed by atoms with van der Waals surface area (Å²) in [6, 6.07) is 6.66. The van der Waals surface area contributed by atoms with Crippen molar-refractivity contribution in [1.29, 1.82) is 0 Å². The number of benzene rings is 1. The topological polar surface area (TPSA) is 111 Å². The first kappa shape index (κ1) is 19.4. The van der Waals surface area contributed by atoms with Gasteiger partial charge in [-0.15, -0.1) is 0 Å². The Kier molecular flexibility index (Phi) is 7.51. The van der Waals surface area contributed by atoms with Crippen LogP contribution in [0.5, 0.6) is 0 Å². The van der Waals surface area contributed by atoms with Gasteiger partial charge in [0.15, 0.2) is 5.96 Å². The summed E-state index contributed by atoms with van der Waals surface area (Å²) in [5.41, 5.74) is 6.62. The molecule has 0 fully saturated rings. The van der Waals surface area contributed by atoms with Crippen molar-refractivity contribution in [1.82, 2.24) is 5.32 Å². The van der Waals surface area contributed by atoms with Crippen molar-refractivity contribution in [2.45, 2.75) is 57.5 Å². The Hall–Kier alpha value is -1.60. The van der Waals surface area contributed by atoms with Gasteiger partial charge in [-0.05, 0) is 37.0 Å². The van der Waals surface area contributed by atoms with E-state index in [-0.39, 0.29) is 10.9 Å². The predicted octanol–water partition coefficient (Wildman–Crippen LogP) is 1.95. The number of hydrogen-bond donors (Lipinski definition) is 3. The number of nitrogens with one attached hydrogen (secondary N) is 1. The van der Waals surface area contributed by atoms with E-state index in [9.17, 15) is 8.42 Å². The fourth-order valence-corrected chi connectivity index (χ4v) is 2.78. The highest BCUT2D eigenvalue weighted by Crippen LogP contribution is 2.11. The van der Waals surface area contributed by atoms with Crippen molar-refractivity contribution in [3.05, 3.63) is 29.8 Å². The van der Waals surface area contributed by atoms with Gasteiger partial charge < -0.3 is 11.1 Å². The third-order valence-corrected chi connectivity index (χ3v) is 4.38. The molecule has 7 heteroatoms. The van der Waals surface area contributed by atoms with Crippen molar-refractivity contribution in [2.75, 3.05) is 0 Å². The molecular formula is C16H28N4O2S. The van der Waals surface area contributed by atoms with E-state index in [1.165, 1.54) is 18.6 Å². The number of nitrogens with two attached hydrogens (primary N) is 2. The molecule has 1 rings (SSSR count). The average Bonchev–Trinajstić information content (AvgIpc) is 2.44. The van der Waals surface area contributed by atoms with Gasteiger partial charge in [0, 0.05) is 6.04 Å². The fourth-order valence-electron chi connectivity index (χ4n) is 2.20. The van der Waals surface area contributed by atoms with Crippen LogP contribution in [0, 0.1) is 5.92 Å². The van der Waals surface area contributed by atoms with Gasteiger partial charge in [0.1, 0.15) is 0 Å². The van der Waals surface area contributed by atoms with Crippen molar-refractivity contribution < 1.29 is 8.42 Å². The Morgan fingerprint density at radius 1 is 1.26 bits per heavy atom. The maximum absolute atomic E-state index is 11.3. The van der Waals surface area contributed by atoms with E-state index in [1.54, 1.807) is 12.1 Å². The minimum absolute atomic E-state index is 0.0822. The zero-order chi connectivity index (χ0) is 17.5. The lowest BCUT2D eigenvalue weighted by molar-refractivity contribution is 0.493. The molecule has 1 atom stereocenters. The molecule has 0 bridgehead atoms. The number of nitrogens with zero attached hydrogens (tertiary/aromatic N) is 1. The number of rotatable bonds is 8. The maximum Gasteiger partial charge on any atom is 0.238 e. The molecule has 1 aromatic rings. The first-order valence-electron chi connectivity index (χ1n) is 7.86. The van der Waals surface area contributed by atoms with Crippen LogP contribution >= 0.6 is 0 Å². The number of sulfonamides is 1. The quantitative estimate of drug-likeness (QED) is 0.496. The minimum atomic E-state index is -3.70. The Balaban J connectivity index is 2.53. The Morgan fingerprint density at radius 2 is 1.96 bits per heavy atom. The van der Waals surface area contributed by atoms with Gasteiger partial charge >= 0.3 is 0 Å². The zero-order valence-electron chi connectivity index (χ0n) is 14.1. The van der Waals surface area contributed by atoms with Crippen LogP contribution in [0.2, 0.25) is 0 Å². The van der Waals surface area contributed by atoms with Crippen molar-refractivity contribution >= 4 is 16.0 Å². The van der Waals surface area contributed by atoms with Gasteiger partial charge in [0.25, 0.3) is 0 Å². The summed E-state index contributed by atoms with van der Waals surface area (Å²) >= 11 is 0. The van der Waals surface area contributed by atoms with E-state index in [1.807, 2.05) is 0 Å². The van der Waals surface area contributed by atoms with E-state index in [2.05, 4.69) is 31.1 Å². The summed E-state index contributed by atoms with van der Waals surface area (Å²) in [7, 11) is -3.70. The molecule has 0 saturated carbocycles. The maximum atomic E-state index is 11.3. The summed E-state index contributed by atoms with van der Waals surface area (Å²) in [5, 5.41) is 8.27. The standard InChI is InChI=1S/C16H28N4O2S/c1-12(2)6-4-7-13(3)20-16(17)19-11-14-8-5-9-15(10-14)23(18,21)22/h5,8-10,12-13H,4,6-7,11H2,1-3H3,(H3,17,19,20)(H2,18,21,22). The second kappa shape index (κ2) is 8.88. The van der Waals surface area contributed by atoms with Gasteiger partial charge in [0.2, 0.25) is 10.0 Å². The molecule has 23 heavy (non-hydrogen) atoms. The highest BCUT2D eigenvalue weighted by Gasteiger charge is 2.08. The minimum Gasteiger partial charge on any atom is -0.370 e. The summed E-state index contributed by atoms with van der Waals surface area (Å²) in [5.74, 6) is 1.07. The fraction of sp³-hybridized carbons (Fsp3) is 0.562. The van der Waals surface area contributed by atoms with Crippen LogP contribution in [0.3, 0.4) is 0 Å². The number of aliphatic imine (C=N–C) groups is 1. The van der Waals surface area contributed by atoms with E-state index < -0.39 is 10.0 Å². The largest absolute Gasteiger partial charge is 0.370 e. The molecule has 0 heterocycles. The van der Waals surface area contributed by atoms with Crippen molar-refractivity contribution in [2.24, 2.45) is 21.8 Å². The van der Waals surface area contributed by atoms with Gasteiger partial charge in [-0.1, -0.05) is 38.8 Å². The third-order valence-electron chi connectivity index (χ3n) is 3.47. The summed E-state index contributed by atoms with van der Waals surface area (Å²) in [6.45, 7) is 6.80. The van der Waals surface area contributed by atoms with E-state index in [4.69, 9.17) is 10.9 Å². The van der Waals surface area contributed by atoms with Crippen LogP contribution in [-0.4, -0.2) is 20.4 Å². The highest BCUT2D eigenvalue weighted by atomic mass is 32.2. The molecular weight excluding hydrogens is 312 g/mol. The van der Waals surface area contributed by atoms with Crippen molar-refractivity contribution in [3.8, 4) is 0 Å². The normalized spacial score (nSPS) is 14.0. The lowest BCUT2D eigenvalue weighted by Crippen LogP contribution is -2.38. The van der Waals surface area contributed by atoms with Gasteiger partial charge in [0.05, 0.1) is 11.4 Å². The number of hydrogen-bond acceptors (Lipinski definition) is 3. The van der Waals surface area contributed by atoms with Crippen LogP contribution < -0.4 is 16.2 Å². The third kappa shape index (κ3) is 7.99. The van der Waals surface area contributed by atoms with Crippen LogP contribution in [0.4, 0.5) is 0 Å². The molecule has 1 unspecified atom stereocenters. The molecule has 0 aliphatic carbocycles. The van der Waals surface area contributed by atoms with Crippen molar-refractivity contribution in [3.63, 3.8) is 0 Å². The first-order valence-corrected chi connectivity index (χ1v) is 9.41. The van der Waals surface area contributed by atoms with E-state index >= 15 is 0 Å². The molecule has 0 saturated heterocycles. The Morgan fingerprint density at radius 3 is 2.57 bits per heavy atom. The molecule has 0 aliphatic heterocycles. The Bertz CT molecular complexity index is 627. The number of primary sulfonamides is 1.